The first-order chi connectivity index (χ1) is 9.92. The Labute approximate surface area is 128 Å². The van der Waals surface area contributed by atoms with Crippen molar-refractivity contribution in [3.63, 3.8) is 0 Å². The lowest BCUT2D eigenvalue weighted by Gasteiger charge is -2.23. The predicted molar refractivity (Wildman–Crippen MR) is 86.8 cm³/mol. The number of hydrogen-bond donors (Lipinski definition) is 2. The van der Waals surface area contributed by atoms with Gasteiger partial charge in [-0.25, -0.2) is 13.1 Å². The van der Waals surface area contributed by atoms with Crippen LogP contribution in [0.3, 0.4) is 0 Å². The van der Waals surface area contributed by atoms with Crippen molar-refractivity contribution in [3.8, 4) is 0 Å². The summed E-state index contributed by atoms with van der Waals surface area (Å²) in [5, 5.41) is 3.04. The van der Waals surface area contributed by atoms with Gasteiger partial charge in [0.05, 0.1) is 4.90 Å². The van der Waals surface area contributed by atoms with Crippen LogP contribution in [0, 0.1) is 0 Å². The molecule has 0 heterocycles. The highest BCUT2D eigenvalue weighted by Crippen LogP contribution is 2.11. The Morgan fingerprint density at radius 3 is 2.19 bits per heavy atom. The zero-order valence-electron chi connectivity index (χ0n) is 13.4. The van der Waals surface area contributed by atoms with E-state index in [1.165, 1.54) is 0 Å². The molecule has 1 aromatic carbocycles. The van der Waals surface area contributed by atoms with Crippen LogP contribution in [0.15, 0.2) is 29.2 Å². The number of rotatable bonds is 9. The van der Waals surface area contributed by atoms with Crippen molar-refractivity contribution >= 4 is 10.0 Å². The van der Waals surface area contributed by atoms with Gasteiger partial charge >= 0.3 is 0 Å². The normalized spacial score (nSPS) is 13.6. The van der Waals surface area contributed by atoms with Gasteiger partial charge in [-0.1, -0.05) is 26.0 Å². The summed E-state index contributed by atoms with van der Waals surface area (Å²) in [4.78, 5) is 2.51. The summed E-state index contributed by atoms with van der Waals surface area (Å²) < 4.78 is 27.4. The van der Waals surface area contributed by atoms with Gasteiger partial charge in [0.1, 0.15) is 0 Å². The lowest BCUT2D eigenvalue weighted by molar-refractivity contribution is 0.282. The van der Waals surface area contributed by atoms with E-state index in [2.05, 4.69) is 28.8 Å². The van der Waals surface area contributed by atoms with E-state index in [4.69, 9.17) is 0 Å². The SMILES string of the molecule is CCN(CC)CC(C)NS(=O)(=O)c1ccc(CNC)cc1. The summed E-state index contributed by atoms with van der Waals surface area (Å²) in [6.45, 7) is 9.32. The van der Waals surface area contributed by atoms with Gasteiger partial charge in [-0.2, -0.15) is 0 Å². The fourth-order valence-electron chi connectivity index (χ4n) is 2.23. The summed E-state index contributed by atoms with van der Waals surface area (Å²) in [5.74, 6) is 0. The van der Waals surface area contributed by atoms with Crippen molar-refractivity contribution < 1.29 is 8.42 Å². The molecule has 0 saturated heterocycles. The molecule has 0 aromatic heterocycles. The molecule has 1 atom stereocenters. The lowest BCUT2D eigenvalue weighted by Crippen LogP contribution is -2.41. The topological polar surface area (TPSA) is 61.4 Å². The van der Waals surface area contributed by atoms with Crippen molar-refractivity contribution in [2.75, 3.05) is 26.7 Å². The number of nitrogens with zero attached hydrogens (tertiary/aromatic N) is 1. The molecule has 0 amide bonds. The van der Waals surface area contributed by atoms with E-state index in [9.17, 15) is 8.42 Å². The van der Waals surface area contributed by atoms with Crippen LogP contribution in [-0.2, 0) is 16.6 Å². The molecule has 0 radical (unpaired) electrons. The van der Waals surface area contributed by atoms with E-state index in [0.29, 0.717) is 11.4 Å². The van der Waals surface area contributed by atoms with Crippen LogP contribution in [0.1, 0.15) is 26.3 Å². The number of likely N-dealkylation sites (N-methyl/N-ethyl adjacent to an activating group) is 1. The van der Waals surface area contributed by atoms with Gasteiger partial charge in [0.15, 0.2) is 0 Å². The molecule has 0 aliphatic rings. The summed E-state index contributed by atoms with van der Waals surface area (Å²) >= 11 is 0. The molecule has 0 aliphatic heterocycles. The molecule has 0 saturated carbocycles. The molecule has 0 spiro atoms. The zero-order chi connectivity index (χ0) is 15.9. The van der Waals surface area contributed by atoms with Crippen LogP contribution in [0.25, 0.3) is 0 Å². The average molecular weight is 313 g/mol. The van der Waals surface area contributed by atoms with Crippen LogP contribution in [0.5, 0.6) is 0 Å². The summed E-state index contributed by atoms with van der Waals surface area (Å²) in [7, 11) is -1.59. The Morgan fingerprint density at radius 2 is 1.71 bits per heavy atom. The highest BCUT2D eigenvalue weighted by Gasteiger charge is 2.18. The van der Waals surface area contributed by atoms with Crippen LogP contribution in [0.2, 0.25) is 0 Å². The second-order valence-electron chi connectivity index (χ2n) is 5.18. The fraction of sp³-hybridized carbons (Fsp3) is 0.600. The van der Waals surface area contributed by atoms with E-state index in [1.54, 1.807) is 12.1 Å². The van der Waals surface area contributed by atoms with E-state index in [0.717, 1.165) is 25.2 Å². The Morgan fingerprint density at radius 1 is 1.14 bits per heavy atom. The van der Waals surface area contributed by atoms with Crippen molar-refractivity contribution in [3.05, 3.63) is 29.8 Å². The van der Waals surface area contributed by atoms with E-state index in [-0.39, 0.29) is 6.04 Å². The second-order valence-corrected chi connectivity index (χ2v) is 6.90. The number of sulfonamides is 1. The van der Waals surface area contributed by atoms with Crippen LogP contribution in [0.4, 0.5) is 0 Å². The lowest BCUT2D eigenvalue weighted by atomic mass is 10.2. The minimum absolute atomic E-state index is 0.119. The Balaban J connectivity index is 2.72. The first-order valence-corrected chi connectivity index (χ1v) is 8.89. The smallest absolute Gasteiger partial charge is 0.240 e. The van der Waals surface area contributed by atoms with Crippen LogP contribution in [-0.4, -0.2) is 46.0 Å². The van der Waals surface area contributed by atoms with Crippen molar-refractivity contribution in [2.24, 2.45) is 0 Å². The maximum atomic E-state index is 12.3. The van der Waals surface area contributed by atoms with Gasteiger partial charge in [0, 0.05) is 19.1 Å². The van der Waals surface area contributed by atoms with Gasteiger partial charge < -0.3 is 10.2 Å². The maximum absolute atomic E-state index is 12.3. The van der Waals surface area contributed by atoms with Gasteiger partial charge in [-0.05, 0) is 44.8 Å². The van der Waals surface area contributed by atoms with Crippen LogP contribution >= 0.6 is 0 Å². The molecule has 5 nitrogen and oxygen atoms in total. The molecule has 1 aromatic rings. The zero-order valence-corrected chi connectivity index (χ0v) is 14.2. The fourth-order valence-corrected chi connectivity index (χ4v) is 3.46. The Kier molecular flexibility index (Phi) is 7.31. The number of hydrogen-bond acceptors (Lipinski definition) is 4. The van der Waals surface area contributed by atoms with Gasteiger partial charge in [0.2, 0.25) is 10.0 Å². The molecule has 0 fully saturated rings. The van der Waals surface area contributed by atoms with Crippen molar-refractivity contribution in [2.45, 2.75) is 38.3 Å². The number of benzene rings is 1. The Bertz CT molecular complexity index is 510. The van der Waals surface area contributed by atoms with Crippen LogP contribution < -0.4 is 10.0 Å². The highest BCUT2D eigenvalue weighted by atomic mass is 32.2. The molecule has 0 bridgehead atoms. The third-order valence-electron chi connectivity index (χ3n) is 3.40. The minimum Gasteiger partial charge on any atom is -0.316 e. The predicted octanol–water partition coefficient (Wildman–Crippen LogP) is 1.41. The van der Waals surface area contributed by atoms with Gasteiger partial charge in [-0.15, -0.1) is 0 Å². The van der Waals surface area contributed by atoms with E-state index >= 15 is 0 Å². The van der Waals surface area contributed by atoms with E-state index in [1.807, 2.05) is 26.1 Å². The van der Waals surface area contributed by atoms with E-state index < -0.39 is 10.0 Å². The molecule has 2 N–H and O–H groups in total. The number of nitrogens with one attached hydrogen (secondary N) is 2. The quantitative estimate of drug-likeness (QED) is 0.724. The molecule has 21 heavy (non-hydrogen) atoms. The summed E-state index contributed by atoms with van der Waals surface area (Å²) in [5.41, 5.74) is 1.06. The summed E-state index contributed by atoms with van der Waals surface area (Å²) in [6.07, 6.45) is 0. The molecule has 6 heteroatoms. The molecule has 1 rings (SSSR count). The summed E-state index contributed by atoms with van der Waals surface area (Å²) in [6, 6.07) is 6.85. The van der Waals surface area contributed by atoms with Gasteiger partial charge in [-0.3, -0.25) is 0 Å². The molecular formula is C15H27N3O2S. The van der Waals surface area contributed by atoms with Crippen molar-refractivity contribution in [1.82, 2.24) is 14.9 Å². The second kappa shape index (κ2) is 8.48. The standard InChI is InChI=1S/C15H27N3O2S/c1-5-18(6-2)12-13(3)17-21(19,20)15-9-7-14(8-10-15)11-16-4/h7-10,13,16-17H,5-6,11-12H2,1-4H3. The van der Waals surface area contributed by atoms with Crippen molar-refractivity contribution in [1.29, 1.82) is 0 Å². The largest absolute Gasteiger partial charge is 0.316 e. The third-order valence-corrected chi connectivity index (χ3v) is 5.00. The average Bonchev–Trinajstić information content (AvgIpc) is 2.45. The Hall–Kier alpha value is -0.950. The highest BCUT2D eigenvalue weighted by molar-refractivity contribution is 7.89. The monoisotopic (exact) mass is 313 g/mol. The maximum Gasteiger partial charge on any atom is 0.240 e. The third kappa shape index (κ3) is 5.74. The first-order valence-electron chi connectivity index (χ1n) is 7.41. The molecule has 120 valence electrons. The molecule has 1 unspecified atom stereocenters. The molecule has 0 aliphatic carbocycles. The molecular weight excluding hydrogens is 286 g/mol. The first kappa shape index (κ1) is 18.1. The minimum atomic E-state index is -3.45. The van der Waals surface area contributed by atoms with Gasteiger partial charge in [0.25, 0.3) is 0 Å².